The molecule has 0 aromatic carbocycles. The van der Waals surface area contributed by atoms with Gasteiger partial charge in [-0.3, -0.25) is 0 Å². The van der Waals surface area contributed by atoms with Crippen LogP contribution < -0.4 is 0 Å². The van der Waals surface area contributed by atoms with Crippen molar-refractivity contribution in [1.29, 1.82) is 0 Å². The summed E-state index contributed by atoms with van der Waals surface area (Å²) in [6.45, 7) is 4.95. The fourth-order valence-corrected chi connectivity index (χ4v) is 0.532. The van der Waals surface area contributed by atoms with Crippen molar-refractivity contribution in [3.8, 4) is 6.57 Å². The maximum atomic E-state index is 4.95. The minimum Gasteiger partial charge on any atom is -0.0726 e. The van der Waals surface area contributed by atoms with Gasteiger partial charge in [0, 0.05) is 6.08 Å². The van der Waals surface area contributed by atoms with Gasteiger partial charge < -0.3 is 0 Å². The molecule has 0 saturated carbocycles. The highest BCUT2D eigenvalue weighted by Gasteiger charge is 2.04. The number of rotatable bonds is 0. The van der Waals surface area contributed by atoms with E-state index in [-0.39, 0.29) is 0 Å². The monoisotopic (exact) mass is 92.0 g/mol. The molecule has 1 nitrogen and oxygen atoms in total. The van der Waals surface area contributed by atoms with Crippen LogP contribution in [-0.4, -0.2) is 0 Å². The second-order valence-corrected chi connectivity index (χ2v) is 1.42. The molecule has 0 heterocycles. The first-order valence-electron chi connectivity index (χ1n) is 2.20. The zero-order chi connectivity index (χ0) is 5.11. The lowest BCUT2D eigenvalue weighted by molar-refractivity contribution is 1.33. The Bertz CT molecular complexity index is 158. The maximum absolute atomic E-state index is 4.95. The van der Waals surface area contributed by atoms with Gasteiger partial charge in [0.2, 0.25) is 0 Å². The largest absolute Gasteiger partial charge is 0.320 e. The van der Waals surface area contributed by atoms with Crippen LogP contribution in [0.15, 0.2) is 23.9 Å². The molecule has 0 atom stereocenters. The Balaban J connectivity index is 2.67. The fourth-order valence-electron chi connectivity index (χ4n) is 0.532. The molecule has 0 bridgehead atoms. The number of allylic oxidation sites excluding steroid dienone is 3. The Hall–Kier alpha value is -1.03. The Morgan fingerprint density at radius 1 is 1.71 bits per heavy atom. The minimum absolute atomic E-state index is 0.899. The van der Waals surface area contributed by atoms with E-state index in [1.54, 1.807) is 0 Å². The van der Waals surface area contributed by atoms with Crippen molar-refractivity contribution in [3.63, 3.8) is 0 Å². The SMILES string of the molecule is C#[N+]C1=CC=CC1. The van der Waals surface area contributed by atoms with E-state index >= 15 is 0 Å². The summed E-state index contributed by atoms with van der Waals surface area (Å²) >= 11 is 0. The Labute approximate surface area is 42.8 Å². The third-order valence-corrected chi connectivity index (χ3v) is 0.918. The van der Waals surface area contributed by atoms with Gasteiger partial charge in [0.25, 0.3) is 6.57 Å². The van der Waals surface area contributed by atoms with Crippen molar-refractivity contribution in [2.45, 2.75) is 6.42 Å². The molecule has 1 aliphatic rings. The van der Waals surface area contributed by atoms with E-state index in [1.807, 2.05) is 18.2 Å². The summed E-state index contributed by atoms with van der Waals surface area (Å²) in [5.41, 5.74) is 0.958. The van der Waals surface area contributed by atoms with E-state index in [1.165, 1.54) is 0 Å². The van der Waals surface area contributed by atoms with Crippen molar-refractivity contribution in [2.24, 2.45) is 0 Å². The van der Waals surface area contributed by atoms with Crippen molar-refractivity contribution < 1.29 is 0 Å². The lowest BCUT2D eigenvalue weighted by atomic mass is 10.4. The topological polar surface area (TPSA) is 4.36 Å². The van der Waals surface area contributed by atoms with Gasteiger partial charge in [0.1, 0.15) is 0 Å². The third kappa shape index (κ3) is 0.690. The predicted octanol–water partition coefficient (Wildman–Crippen LogP) is 1.79. The van der Waals surface area contributed by atoms with Crippen LogP contribution in [0.3, 0.4) is 0 Å². The van der Waals surface area contributed by atoms with Crippen LogP contribution in [0.5, 0.6) is 0 Å². The summed E-state index contributed by atoms with van der Waals surface area (Å²) in [5.74, 6) is 0. The molecule has 0 fully saturated rings. The number of hydrogen-bond donors (Lipinski definition) is 0. The van der Waals surface area contributed by atoms with Crippen LogP contribution in [0.1, 0.15) is 6.42 Å². The van der Waals surface area contributed by atoms with Crippen LogP contribution in [0.2, 0.25) is 0 Å². The zero-order valence-corrected chi connectivity index (χ0v) is 3.96. The average molecular weight is 92.1 g/mol. The summed E-state index contributed by atoms with van der Waals surface area (Å²) in [7, 11) is 0. The summed E-state index contributed by atoms with van der Waals surface area (Å²) in [4.78, 5) is 3.49. The van der Waals surface area contributed by atoms with Crippen molar-refractivity contribution >= 4 is 0 Å². The second-order valence-electron chi connectivity index (χ2n) is 1.42. The van der Waals surface area contributed by atoms with Crippen molar-refractivity contribution in [2.75, 3.05) is 0 Å². The molecule has 0 aromatic heterocycles. The summed E-state index contributed by atoms with van der Waals surface area (Å²) in [6.07, 6.45) is 6.77. The van der Waals surface area contributed by atoms with E-state index in [4.69, 9.17) is 6.57 Å². The van der Waals surface area contributed by atoms with Crippen molar-refractivity contribution in [1.82, 2.24) is 0 Å². The highest BCUT2D eigenvalue weighted by molar-refractivity contribution is 5.27. The molecule has 1 heteroatoms. The molecular formula is C6H6N+. The molecule has 0 saturated heterocycles. The first-order chi connectivity index (χ1) is 3.43. The summed E-state index contributed by atoms with van der Waals surface area (Å²) in [5, 5.41) is 0. The highest BCUT2D eigenvalue weighted by atomic mass is 14.7. The minimum atomic E-state index is 0.899. The molecule has 0 amide bonds. The second kappa shape index (κ2) is 1.61. The zero-order valence-electron chi connectivity index (χ0n) is 3.96. The summed E-state index contributed by atoms with van der Waals surface area (Å²) < 4.78 is 0. The average Bonchev–Trinajstić information content (AvgIpc) is 2.14. The number of nitrogens with zero attached hydrogens (tertiary/aromatic N) is 1. The van der Waals surface area contributed by atoms with Crippen molar-refractivity contribution in [3.05, 3.63) is 28.8 Å². The molecule has 34 valence electrons. The fraction of sp³-hybridized carbons (Fsp3) is 0.167. The standard InChI is InChI=1S/C6H6N/c1-7-6-4-2-3-5-6/h1-4H,5H2/q+1. The van der Waals surface area contributed by atoms with E-state index in [2.05, 4.69) is 4.85 Å². The van der Waals surface area contributed by atoms with Gasteiger partial charge in [-0.1, -0.05) is 12.2 Å². The molecule has 7 heavy (non-hydrogen) atoms. The number of hydrogen-bond acceptors (Lipinski definition) is 0. The van der Waals surface area contributed by atoms with Gasteiger partial charge in [0.15, 0.2) is 0 Å². The molecule has 0 spiro atoms. The first kappa shape index (κ1) is 4.14. The van der Waals surface area contributed by atoms with Gasteiger partial charge in [-0.25, -0.2) is 0 Å². The lowest BCUT2D eigenvalue weighted by Gasteiger charge is -1.63. The third-order valence-electron chi connectivity index (χ3n) is 0.918. The quantitative estimate of drug-likeness (QED) is 0.429. The van der Waals surface area contributed by atoms with E-state index in [9.17, 15) is 0 Å². The van der Waals surface area contributed by atoms with Gasteiger partial charge in [-0.05, 0) is 4.85 Å². The van der Waals surface area contributed by atoms with Crippen LogP contribution >= 0.6 is 0 Å². The molecule has 1 rings (SSSR count). The normalized spacial score (nSPS) is 16.1. The van der Waals surface area contributed by atoms with E-state index in [0.29, 0.717) is 0 Å². The van der Waals surface area contributed by atoms with Crippen LogP contribution in [-0.2, 0) is 0 Å². The van der Waals surface area contributed by atoms with Crippen LogP contribution in [0.25, 0.3) is 4.85 Å². The summed E-state index contributed by atoms with van der Waals surface area (Å²) in [6, 6.07) is 0. The van der Waals surface area contributed by atoms with Crippen LogP contribution in [0.4, 0.5) is 0 Å². The van der Waals surface area contributed by atoms with Gasteiger partial charge in [-0.15, -0.1) is 0 Å². The van der Waals surface area contributed by atoms with Gasteiger partial charge >= 0.3 is 5.70 Å². The first-order valence-corrected chi connectivity index (χ1v) is 2.20. The smallest absolute Gasteiger partial charge is 0.0726 e. The van der Waals surface area contributed by atoms with E-state index in [0.717, 1.165) is 12.1 Å². The Kier molecular flexibility index (Phi) is 0.953. The lowest BCUT2D eigenvalue weighted by Crippen LogP contribution is -1.59. The predicted molar refractivity (Wildman–Crippen MR) is 30.1 cm³/mol. The Morgan fingerprint density at radius 3 is 2.86 bits per heavy atom. The molecule has 0 radical (unpaired) electrons. The van der Waals surface area contributed by atoms with Crippen LogP contribution in [0, 0.1) is 6.57 Å². The van der Waals surface area contributed by atoms with Gasteiger partial charge in [0.05, 0.1) is 6.42 Å². The highest BCUT2D eigenvalue weighted by Crippen LogP contribution is 2.09. The maximum Gasteiger partial charge on any atom is 0.320 e. The molecular weight excluding hydrogens is 86.1 g/mol. The van der Waals surface area contributed by atoms with Gasteiger partial charge in [-0.2, -0.15) is 0 Å². The molecule has 1 aliphatic carbocycles. The van der Waals surface area contributed by atoms with E-state index < -0.39 is 0 Å². The molecule has 0 N–H and O–H groups in total. The molecule has 0 unspecified atom stereocenters. The molecule has 0 aliphatic heterocycles. The molecule has 0 aromatic rings. The Morgan fingerprint density at radius 2 is 2.57 bits per heavy atom.